The summed E-state index contributed by atoms with van der Waals surface area (Å²) in [5.74, 6) is 0.328. The number of likely N-dealkylation sites (tertiary alicyclic amines) is 1. The molecule has 7 nitrogen and oxygen atoms in total. The number of rotatable bonds is 5. The van der Waals surface area contributed by atoms with Gasteiger partial charge in [0.15, 0.2) is 5.82 Å². The van der Waals surface area contributed by atoms with Gasteiger partial charge in [-0.15, -0.1) is 0 Å². The number of aromatic nitrogens is 4. The largest absolute Gasteiger partial charge is 0.416 e. The molecule has 0 spiro atoms. The number of carbonyl (C=O) groups excluding carboxylic acids is 1. The smallest absolute Gasteiger partial charge is 0.308 e. The van der Waals surface area contributed by atoms with Crippen LogP contribution in [-0.2, 0) is 18.0 Å². The molecule has 31 heavy (non-hydrogen) atoms. The molecule has 0 bridgehead atoms. The van der Waals surface area contributed by atoms with Crippen LogP contribution in [0.1, 0.15) is 36.6 Å². The van der Waals surface area contributed by atoms with Crippen LogP contribution in [0.5, 0.6) is 0 Å². The van der Waals surface area contributed by atoms with E-state index in [4.69, 9.17) is 0 Å². The molecule has 10 heteroatoms. The van der Waals surface area contributed by atoms with Crippen molar-refractivity contribution in [3.05, 3.63) is 54.0 Å². The van der Waals surface area contributed by atoms with E-state index in [1.807, 2.05) is 0 Å². The molecule has 1 amide bonds. The molecule has 0 unspecified atom stereocenters. The number of nitrogens with zero attached hydrogens (tertiary/aromatic N) is 4. The Morgan fingerprint density at radius 2 is 2.00 bits per heavy atom. The van der Waals surface area contributed by atoms with E-state index < -0.39 is 11.7 Å². The van der Waals surface area contributed by atoms with Crippen molar-refractivity contribution in [1.29, 1.82) is 0 Å². The van der Waals surface area contributed by atoms with Crippen LogP contribution in [0.25, 0.3) is 11.1 Å². The average Bonchev–Trinajstić information content (AvgIpc) is 3.37. The lowest BCUT2D eigenvalue weighted by atomic mass is 9.94. The van der Waals surface area contributed by atoms with Gasteiger partial charge in [-0.25, -0.2) is 0 Å². The summed E-state index contributed by atoms with van der Waals surface area (Å²) < 4.78 is 40.3. The third kappa shape index (κ3) is 4.79. The lowest BCUT2D eigenvalue weighted by molar-refractivity contribution is -0.137. The number of nitrogens with one attached hydrogen (secondary N) is 2. The minimum atomic E-state index is -4.38. The van der Waals surface area contributed by atoms with Gasteiger partial charge in [0.1, 0.15) is 0 Å². The molecule has 1 aliphatic heterocycles. The summed E-state index contributed by atoms with van der Waals surface area (Å²) in [6.45, 7) is 0.929. The van der Waals surface area contributed by atoms with E-state index in [0.717, 1.165) is 49.2 Å². The fourth-order valence-electron chi connectivity index (χ4n) is 3.97. The van der Waals surface area contributed by atoms with E-state index in [9.17, 15) is 18.0 Å². The van der Waals surface area contributed by atoms with Gasteiger partial charge in [0.2, 0.25) is 5.91 Å². The number of alkyl halides is 3. The van der Waals surface area contributed by atoms with Crippen LogP contribution in [-0.4, -0.2) is 43.9 Å². The Morgan fingerprint density at radius 3 is 2.68 bits per heavy atom. The lowest BCUT2D eigenvalue weighted by Crippen LogP contribution is -2.39. The average molecular weight is 432 g/mol. The Morgan fingerprint density at radius 1 is 1.23 bits per heavy atom. The maximum Gasteiger partial charge on any atom is 0.416 e. The number of hydrogen-bond acceptors (Lipinski definition) is 4. The van der Waals surface area contributed by atoms with Crippen LogP contribution < -0.4 is 5.32 Å². The topological polar surface area (TPSA) is 78.8 Å². The number of benzene rings is 1. The molecule has 164 valence electrons. The summed E-state index contributed by atoms with van der Waals surface area (Å²) >= 11 is 0. The Kier molecular flexibility index (Phi) is 5.81. The second-order valence-corrected chi connectivity index (χ2v) is 7.68. The Balaban J connectivity index is 1.52. The molecular formula is C21H23F3N6O. The molecule has 0 saturated carbocycles. The highest BCUT2D eigenvalue weighted by Crippen LogP contribution is 2.37. The predicted molar refractivity (Wildman–Crippen MR) is 109 cm³/mol. The monoisotopic (exact) mass is 432 g/mol. The zero-order chi connectivity index (χ0) is 22.0. The highest BCUT2D eigenvalue weighted by atomic mass is 19.4. The molecule has 1 saturated heterocycles. The van der Waals surface area contributed by atoms with Crippen molar-refractivity contribution in [2.24, 2.45) is 7.05 Å². The van der Waals surface area contributed by atoms with Gasteiger partial charge in [0, 0.05) is 24.9 Å². The van der Waals surface area contributed by atoms with Gasteiger partial charge in [0.25, 0.3) is 0 Å². The van der Waals surface area contributed by atoms with Crippen LogP contribution in [0.2, 0.25) is 0 Å². The molecule has 0 radical (unpaired) electrons. The normalized spacial score (nSPS) is 17.6. The van der Waals surface area contributed by atoms with Crippen molar-refractivity contribution >= 4 is 11.7 Å². The SMILES string of the molecule is Cn1ccc(NC(=O)CN2CCCC[C@@H]2c2[nH]ncc2-c2ccc(C(F)(F)F)cc2)n1. The van der Waals surface area contributed by atoms with Gasteiger partial charge in [0.05, 0.1) is 30.0 Å². The summed E-state index contributed by atoms with van der Waals surface area (Å²) in [6, 6.07) is 6.71. The molecule has 3 heterocycles. The van der Waals surface area contributed by atoms with Gasteiger partial charge in [-0.2, -0.15) is 23.4 Å². The van der Waals surface area contributed by atoms with Gasteiger partial charge in [-0.1, -0.05) is 18.6 Å². The zero-order valence-corrected chi connectivity index (χ0v) is 17.0. The molecule has 4 rings (SSSR count). The van der Waals surface area contributed by atoms with Gasteiger partial charge in [-0.05, 0) is 37.1 Å². The van der Waals surface area contributed by atoms with E-state index in [1.165, 1.54) is 12.1 Å². The third-order valence-corrected chi connectivity index (χ3v) is 5.47. The van der Waals surface area contributed by atoms with Crippen LogP contribution in [0.15, 0.2) is 42.7 Å². The Labute approximate surface area is 177 Å². The molecule has 0 aliphatic carbocycles. The Hall–Kier alpha value is -3.14. The van der Waals surface area contributed by atoms with Crippen molar-refractivity contribution in [3.8, 4) is 11.1 Å². The quantitative estimate of drug-likeness (QED) is 0.639. The van der Waals surface area contributed by atoms with Crippen molar-refractivity contribution in [3.63, 3.8) is 0 Å². The van der Waals surface area contributed by atoms with Gasteiger partial charge >= 0.3 is 6.18 Å². The molecular weight excluding hydrogens is 409 g/mol. The molecule has 2 N–H and O–H groups in total. The van der Waals surface area contributed by atoms with Crippen LogP contribution in [0.3, 0.4) is 0 Å². The maximum absolute atomic E-state index is 12.9. The number of anilines is 1. The zero-order valence-electron chi connectivity index (χ0n) is 17.0. The second kappa shape index (κ2) is 8.54. The molecule has 3 aromatic rings. The van der Waals surface area contributed by atoms with E-state index in [1.54, 1.807) is 30.2 Å². The van der Waals surface area contributed by atoms with E-state index in [0.29, 0.717) is 11.4 Å². The summed E-state index contributed by atoms with van der Waals surface area (Å²) in [5, 5.41) is 14.1. The van der Waals surface area contributed by atoms with Crippen molar-refractivity contribution in [1.82, 2.24) is 24.9 Å². The van der Waals surface area contributed by atoms with Crippen LogP contribution in [0.4, 0.5) is 19.0 Å². The maximum atomic E-state index is 12.9. The number of H-pyrrole nitrogens is 1. The third-order valence-electron chi connectivity index (χ3n) is 5.47. The highest BCUT2D eigenvalue weighted by Gasteiger charge is 2.31. The highest BCUT2D eigenvalue weighted by molar-refractivity contribution is 5.91. The standard InChI is InChI=1S/C21H23F3N6O/c1-29-11-9-18(28-29)26-19(31)13-30-10-3-2-4-17(30)20-16(12-25-27-20)14-5-7-15(8-6-14)21(22,23)24/h5-9,11-12,17H,2-4,10,13H2,1H3,(H,25,27)(H,26,28,31)/t17-/m1/s1. The fraction of sp³-hybridized carbons (Fsp3) is 0.381. The van der Waals surface area contributed by atoms with Crippen molar-refractivity contribution in [2.45, 2.75) is 31.5 Å². The number of aryl methyl sites for hydroxylation is 1. The second-order valence-electron chi connectivity index (χ2n) is 7.68. The molecule has 1 atom stereocenters. The minimum absolute atomic E-state index is 0.0805. The number of amides is 1. The van der Waals surface area contributed by atoms with E-state index in [-0.39, 0.29) is 18.5 Å². The van der Waals surface area contributed by atoms with Crippen LogP contribution in [0, 0.1) is 0 Å². The first kappa shape index (κ1) is 21.1. The number of halogens is 3. The minimum Gasteiger partial charge on any atom is -0.308 e. The number of aromatic amines is 1. The van der Waals surface area contributed by atoms with Crippen molar-refractivity contribution in [2.75, 3.05) is 18.4 Å². The molecule has 1 fully saturated rings. The van der Waals surface area contributed by atoms with Gasteiger partial charge < -0.3 is 5.32 Å². The van der Waals surface area contributed by atoms with Gasteiger partial charge in [-0.3, -0.25) is 19.5 Å². The van der Waals surface area contributed by atoms with E-state index in [2.05, 4.69) is 25.5 Å². The summed E-state index contributed by atoms with van der Waals surface area (Å²) in [7, 11) is 1.78. The van der Waals surface area contributed by atoms with Crippen LogP contribution >= 0.6 is 0 Å². The number of hydrogen-bond donors (Lipinski definition) is 2. The summed E-state index contributed by atoms with van der Waals surface area (Å²) in [6.07, 6.45) is 1.79. The molecule has 1 aromatic carbocycles. The summed E-state index contributed by atoms with van der Waals surface area (Å²) in [5.41, 5.74) is 1.52. The Bertz CT molecular complexity index is 1040. The number of carbonyl (C=O) groups is 1. The summed E-state index contributed by atoms with van der Waals surface area (Å²) in [4.78, 5) is 14.6. The molecule has 2 aromatic heterocycles. The first-order chi connectivity index (χ1) is 14.8. The van der Waals surface area contributed by atoms with Crippen molar-refractivity contribution < 1.29 is 18.0 Å². The first-order valence-corrected chi connectivity index (χ1v) is 10.1. The molecule has 1 aliphatic rings. The fourth-order valence-corrected chi connectivity index (χ4v) is 3.97. The predicted octanol–water partition coefficient (Wildman–Crippen LogP) is 3.99. The first-order valence-electron chi connectivity index (χ1n) is 10.1. The number of piperidine rings is 1. The van der Waals surface area contributed by atoms with E-state index >= 15 is 0 Å². The lowest BCUT2D eigenvalue weighted by Gasteiger charge is -2.35.